The normalized spacial score (nSPS) is 18.4. The lowest BCUT2D eigenvalue weighted by Crippen LogP contribution is -2.50. The Morgan fingerprint density at radius 1 is 0.971 bits per heavy atom. The molecule has 1 heterocycles. The van der Waals surface area contributed by atoms with Crippen LogP contribution in [-0.4, -0.2) is 35.2 Å². The van der Waals surface area contributed by atoms with Gasteiger partial charge in [0.2, 0.25) is 11.7 Å². The number of aromatic nitrogens is 1. The van der Waals surface area contributed by atoms with Crippen molar-refractivity contribution >= 4 is 17.6 Å². The van der Waals surface area contributed by atoms with Crippen LogP contribution in [0.5, 0.6) is 0 Å². The van der Waals surface area contributed by atoms with Crippen molar-refractivity contribution in [1.29, 1.82) is 0 Å². The van der Waals surface area contributed by atoms with E-state index in [9.17, 15) is 14.4 Å². The highest BCUT2D eigenvalue weighted by atomic mass is 16.2. The Labute approximate surface area is 209 Å². The fraction of sp³-hybridized carbons (Fsp3) is 0.517. The van der Waals surface area contributed by atoms with Crippen LogP contribution >= 0.6 is 0 Å². The van der Waals surface area contributed by atoms with Gasteiger partial charge in [-0.3, -0.25) is 19.4 Å². The fourth-order valence-electron chi connectivity index (χ4n) is 4.84. The molecule has 2 amide bonds. The second kappa shape index (κ2) is 14.4. The van der Waals surface area contributed by atoms with Crippen LogP contribution in [0.4, 0.5) is 0 Å². The van der Waals surface area contributed by atoms with E-state index in [2.05, 4.69) is 22.5 Å². The van der Waals surface area contributed by atoms with Gasteiger partial charge in [-0.2, -0.15) is 0 Å². The zero-order chi connectivity index (χ0) is 24.9. The van der Waals surface area contributed by atoms with E-state index >= 15 is 0 Å². The first-order chi connectivity index (χ1) is 17.1. The van der Waals surface area contributed by atoms with Crippen LogP contribution in [-0.2, 0) is 27.2 Å². The summed E-state index contributed by atoms with van der Waals surface area (Å²) in [5.41, 5.74) is 2.01. The number of amides is 2. The third-order valence-electron chi connectivity index (χ3n) is 6.97. The van der Waals surface area contributed by atoms with Gasteiger partial charge in [-0.25, -0.2) is 0 Å². The van der Waals surface area contributed by atoms with Crippen LogP contribution in [0.2, 0.25) is 0 Å². The number of ketones is 1. The lowest BCUT2D eigenvalue weighted by molar-refractivity contribution is -0.140. The molecule has 1 fully saturated rings. The van der Waals surface area contributed by atoms with Crippen LogP contribution in [0, 0.1) is 11.8 Å². The van der Waals surface area contributed by atoms with Crippen molar-refractivity contribution in [1.82, 2.24) is 15.6 Å². The van der Waals surface area contributed by atoms with Crippen molar-refractivity contribution in [2.24, 2.45) is 11.8 Å². The maximum Gasteiger partial charge on any atom is 0.289 e. The van der Waals surface area contributed by atoms with Crippen LogP contribution in [0.25, 0.3) is 0 Å². The number of aryl methyl sites for hydroxylation is 1. The molecule has 0 saturated heterocycles. The molecule has 1 saturated carbocycles. The molecular formula is C29H39N3O3. The zero-order valence-corrected chi connectivity index (χ0v) is 20.9. The van der Waals surface area contributed by atoms with Crippen LogP contribution in [0.3, 0.4) is 0 Å². The number of nitrogens with zero attached hydrogens (tertiary/aromatic N) is 1. The first-order valence-electron chi connectivity index (χ1n) is 13.1. The zero-order valence-electron chi connectivity index (χ0n) is 20.9. The van der Waals surface area contributed by atoms with Gasteiger partial charge in [0.05, 0.1) is 0 Å². The van der Waals surface area contributed by atoms with E-state index in [1.807, 2.05) is 42.5 Å². The van der Waals surface area contributed by atoms with E-state index in [0.29, 0.717) is 25.3 Å². The summed E-state index contributed by atoms with van der Waals surface area (Å²) >= 11 is 0. The molecule has 1 unspecified atom stereocenters. The third kappa shape index (κ3) is 8.93. The lowest BCUT2D eigenvalue weighted by Gasteiger charge is -2.29. The Hall–Kier alpha value is -3.02. The molecule has 3 rings (SSSR count). The second-order valence-electron chi connectivity index (χ2n) is 9.70. The Kier molecular flexibility index (Phi) is 10.9. The predicted octanol–water partition coefficient (Wildman–Crippen LogP) is 4.42. The topological polar surface area (TPSA) is 88.2 Å². The summed E-state index contributed by atoms with van der Waals surface area (Å²) in [6.07, 6.45) is 12.8. The summed E-state index contributed by atoms with van der Waals surface area (Å²) in [5.74, 6) is -0.696. The number of hydrogen-bond donors (Lipinski definition) is 2. The number of Topliss-reactive ketones (excluding diaryl/α,β-unsaturated/α-hetero) is 1. The molecule has 2 N–H and O–H groups in total. The molecule has 1 aliphatic carbocycles. The van der Waals surface area contributed by atoms with Crippen LogP contribution < -0.4 is 10.6 Å². The maximum atomic E-state index is 13.1. The quantitative estimate of drug-likeness (QED) is 0.330. The van der Waals surface area contributed by atoms with Gasteiger partial charge in [0, 0.05) is 31.3 Å². The average Bonchev–Trinajstić information content (AvgIpc) is 2.90. The molecular weight excluding hydrogens is 438 g/mol. The monoisotopic (exact) mass is 477 g/mol. The van der Waals surface area contributed by atoms with Crippen molar-refractivity contribution in [2.75, 3.05) is 6.54 Å². The van der Waals surface area contributed by atoms with Gasteiger partial charge in [0.15, 0.2) is 0 Å². The highest BCUT2D eigenvalue weighted by molar-refractivity contribution is 6.38. The molecule has 0 aliphatic heterocycles. The molecule has 0 spiro atoms. The van der Waals surface area contributed by atoms with Crippen molar-refractivity contribution < 1.29 is 14.4 Å². The maximum absolute atomic E-state index is 13.1. The minimum absolute atomic E-state index is 0.0820. The Balaban J connectivity index is 1.54. The van der Waals surface area contributed by atoms with Crippen LogP contribution in [0.1, 0.15) is 69.4 Å². The second-order valence-corrected chi connectivity index (χ2v) is 9.70. The minimum Gasteiger partial charge on any atom is -0.349 e. The largest absolute Gasteiger partial charge is 0.349 e. The predicted molar refractivity (Wildman–Crippen MR) is 138 cm³/mol. The van der Waals surface area contributed by atoms with Gasteiger partial charge in [0.25, 0.3) is 5.91 Å². The summed E-state index contributed by atoms with van der Waals surface area (Å²) in [7, 11) is 0. The number of hydrogen-bond acceptors (Lipinski definition) is 4. The molecule has 2 aromatic rings. The summed E-state index contributed by atoms with van der Waals surface area (Å²) in [6.45, 7) is 2.60. The first-order valence-corrected chi connectivity index (χ1v) is 13.1. The molecule has 35 heavy (non-hydrogen) atoms. The van der Waals surface area contributed by atoms with Gasteiger partial charge in [0.1, 0.15) is 6.04 Å². The molecule has 6 nitrogen and oxygen atoms in total. The van der Waals surface area contributed by atoms with Gasteiger partial charge < -0.3 is 10.6 Å². The number of nitrogens with one attached hydrogen (secondary N) is 2. The number of benzene rings is 1. The van der Waals surface area contributed by atoms with Crippen molar-refractivity contribution in [3.05, 3.63) is 66.0 Å². The van der Waals surface area contributed by atoms with Crippen LogP contribution in [0.15, 0.2) is 54.9 Å². The number of carbonyl (C=O) groups is 3. The van der Waals surface area contributed by atoms with Crippen molar-refractivity contribution in [3.63, 3.8) is 0 Å². The molecule has 0 bridgehead atoms. The highest BCUT2D eigenvalue weighted by Crippen LogP contribution is 2.32. The van der Waals surface area contributed by atoms with E-state index in [0.717, 1.165) is 43.2 Å². The summed E-state index contributed by atoms with van der Waals surface area (Å²) < 4.78 is 0. The minimum atomic E-state index is -0.860. The van der Waals surface area contributed by atoms with E-state index in [4.69, 9.17) is 0 Å². The lowest BCUT2D eigenvalue weighted by atomic mass is 9.79. The molecule has 6 heteroatoms. The van der Waals surface area contributed by atoms with Gasteiger partial charge in [-0.1, -0.05) is 62.6 Å². The summed E-state index contributed by atoms with van der Waals surface area (Å²) in [4.78, 5) is 42.9. The van der Waals surface area contributed by atoms with Crippen molar-refractivity contribution in [2.45, 2.75) is 77.2 Å². The molecule has 1 aromatic heterocycles. The molecule has 1 atom stereocenters. The third-order valence-corrected chi connectivity index (χ3v) is 6.97. The van der Waals surface area contributed by atoms with Crippen molar-refractivity contribution in [3.8, 4) is 0 Å². The van der Waals surface area contributed by atoms with E-state index in [-0.39, 0.29) is 11.8 Å². The number of rotatable bonds is 13. The van der Waals surface area contributed by atoms with Gasteiger partial charge >= 0.3 is 0 Å². The van der Waals surface area contributed by atoms with E-state index in [1.165, 1.54) is 19.3 Å². The Morgan fingerprint density at radius 2 is 1.71 bits per heavy atom. The summed E-state index contributed by atoms with van der Waals surface area (Å²) in [6, 6.07) is 12.5. The molecule has 188 valence electrons. The summed E-state index contributed by atoms with van der Waals surface area (Å²) in [5, 5.41) is 5.67. The van der Waals surface area contributed by atoms with E-state index in [1.54, 1.807) is 12.4 Å². The number of carbonyl (C=O) groups excluding carboxylic acids is 3. The SMILES string of the molecule is CCCCC1CCC(C(=O)NC(Cc2ccccc2)C(=O)C(=O)NCCCc2cccnc2)CC1. The standard InChI is InChI=1S/C29H39N3O3/c1-2-3-9-22-14-16-25(17-15-22)28(34)32-26(20-23-10-5-4-6-11-23)27(33)29(35)31-19-8-13-24-12-7-18-30-21-24/h4-7,10-12,18,21-22,25-26H,2-3,8-9,13-17,19-20H2,1H3,(H,31,35)(H,32,34). The Morgan fingerprint density at radius 3 is 2.40 bits per heavy atom. The molecule has 1 aliphatic rings. The first kappa shape index (κ1) is 26.6. The van der Waals surface area contributed by atoms with Gasteiger partial charge in [-0.05, 0) is 61.6 Å². The molecule has 0 radical (unpaired) electrons. The number of pyridine rings is 1. The average molecular weight is 478 g/mol. The fourth-order valence-corrected chi connectivity index (χ4v) is 4.84. The van der Waals surface area contributed by atoms with Gasteiger partial charge in [-0.15, -0.1) is 0 Å². The smallest absolute Gasteiger partial charge is 0.289 e. The number of unbranched alkanes of at least 4 members (excludes halogenated alkanes) is 1. The highest BCUT2D eigenvalue weighted by Gasteiger charge is 2.31. The van der Waals surface area contributed by atoms with E-state index < -0.39 is 17.7 Å². The Bertz CT molecular complexity index is 925. The molecule has 1 aromatic carbocycles.